The first kappa shape index (κ1) is 13.2. The summed E-state index contributed by atoms with van der Waals surface area (Å²) in [7, 11) is 0. The summed E-state index contributed by atoms with van der Waals surface area (Å²) < 4.78 is 14.2. The largest absolute Gasteiger partial charge is 0.476 e. The molecule has 1 N–H and O–H groups in total. The molecule has 0 radical (unpaired) electrons. The molecular formula is C12H8ClFN2O3. The molecule has 19 heavy (non-hydrogen) atoms. The number of aromatic carboxylic acids is 1. The fourth-order valence-corrected chi connectivity index (χ4v) is 1.84. The highest BCUT2D eigenvalue weighted by Crippen LogP contribution is 2.21. The number of hydrogen-bond donors (Lipinski definition) is 1. The molecule has 7 heteroatoms. The summed E-state index contributed by atoms with van der Waals surface area (Å²) in [5.41, 5.74) is -0.628. The number of rotatable bonds is 2. The second kappa shape index (κ2) is 4.81. The number of aromatic nitrogens is 2. The molecule has 0 aliphatic rings. The average molecular weight is 283 g/mol. The minimum atomic E-state index is -1.43. The summed E-state index contributed by atoms with van der Waals surface area (Å²) in [6.45, 7) is 1.57. The Morgan fingerprint density at radius 1 is 1.42 bits per heavy atom. The van der Waals surface area contributed by atoms with Crippen molar-refractivity contribution in [3.8, 4) is 5.69 Å². The van der Waals surface area contributed by atoms with E-state index < -0.39 is 22.9 Å². The van der Waals surface area contributed by atoms with E-state index in [4.69, 9.17) is 16.7 Å². The molecular weight excluding hydrogens is 275 g/mol. The maximum atomic E-state index is 13.0. The minimum Gasteiger partial charge on any atom is -0.476 e. The number of aryl methyl sites for hydroxylation is 1. The Labute approximate surface area is 111 Å². The van der Waals surface area contributed by atoms with Crippen molar-refractivity contribution in [2.45, 2.75) is 6.92 Å². The van der Waals surface area contributed by atoms with Crippen LogP contribution in [0.1, 0.15) is 16.2 Å². The molecule has 0 amide bonds. The van der Waals surface area contributed by atoms with E-state index in [0.29, 0.717) is 11.4 Å². The number of carboxylic acids is 1. The van der Waals surface area contributed by atoms with Crippen LogP contribution >= 0.6 is 11.6 Å². The Balaban J connectivity index is 2.71. The van der Waals surface area contributed by atoms with Gasteiger partial charge in [0.1, 0.15) is 5.82 Å². The molecule has 2 rings (SSSR count). The van der Waals surface area contributed by atoms with Gasteiger partial charge in [0.15, 0.2) is 0 Å². The Morgan fingerprint density at radius 3 is 2.68 bits per heavy atom. The van der Waals surface area contributed by atoms with Crippen molar-refractivity contribution in [1.82, 2.24) is 9.78 Å². The molecule has 0 atom stereocenters. The van der Waals surface area contributed by atoms with Gasteiger partial charge in [0.2, 0.25) is 11.1 Å². The number of halogens is 2. The molecule has 1 aromatic carbocycles. The van der Waals surface area contributed by atoms with Gasteiger partial charge in [0.05, 0.1) is 10.7 Å². The maximum Gasteiger partial charge on any atom is 0.360 e. The van der Waals surface area contributed by atoms with Crippen LogP contribution in [0.25, 0.3) is 5.69 Å². The highest BCUT2D eigenvalue weighted by atomic mass is 35.5. The zero-order chi connectivity index (χ0) is 14.2. The van der Waals surface area contributed by atoms with Gasteiger partial charge in [0.25, 0.3) is 0 Å². The molecule has 0 fully saturated rings. The molecule has 1 heterocycles. The molecule has 98 valence electrons. The first-order valence-corrected chi connectivity index (χ1v) is 5.57. The molecule has 0 saturated heterocycles. The standard InChI is InChI=1S/C12H8ClFN2O3/c1-6-4-10(17)11(12(18)19)15-16(6)9-3-2-7(14)5-8(9)13/h2-5H,1H3,(H,18,19). The molecule has 0 aliphatic heterocycles. The summed E-state index contributed by atoms with van der Waals surface area (Å²) in [6, 6.07) is 4.74. The van der Waals surface area contributed by atoms with Crippen molar-refractivity contribution in [2.24, 2.45) is 0 Å². The summed E-state index contributed by atoms with van der Waals surface area (Å²) in [4.78, 5) is 22.3. The van der Waals surface area contributed by atoms with Gasteiger partial charge < -0.3 is 5.11 Å². The van der Waals surface area contributed by atoms with E-state index in [0.717, 1.165) is 12.1 Å². The van der Waals surface area contributed by atoms with E-state index in [2.05, 4.69) is 5.10 Å². The van der Waals surface area contributed by atoms with Crippen molar-refractivity contribution in [3.63, 3.8) is 0 Å². The van der Waals surface area contributed by atoms with Crippen LogP contribution in [-0.4, -0.2) is 20.9 Å². The maximum absolute atomic E-state index is 13.0. The second-order valence-electron chi connectivity index (χ2n) is 3.81. The lowest BCUT2D eigenvalue weighted by Gasteiger charge is -2.11. The van der Waals surface area contributed by atoms with Crippen molar-refractivity contribution in [1.29, 1.82) is 0 Å². The van der Waals surface area contributed by atoms with Gasteiger partial charge in [-0.25, -0.2) is 13.9 Å². The Morgan fingerprint density at radius 2 is 2.11 bits per heavy atom. The van der Waals surface area contributed by atoms with Gasteiger partial charge in [-0.15, -0.1) is 0 Å². The van der Waals surface area contributed by atoms with Gasteiger partial charge >= 0.3 is 5.97 Å². The molecule has 0 spiro atoms. The highest BCUT2D eigenvalue weighted by molar-refractivity contribution is 6.32. The molecule has 1 aromatic heterocycles. The third-order valence-corrected chi connectivity index (χ3v) is 2.75. The normalized spacial score (nSPS) is 10.5. The predicted octanol–water partition coefficient (Wildman–Crippen LogP) is 2.03. The topological polar surface area (TPSA) is 72.2 Å². The molecule has 2 aromatic rings. The van der Waals surface area contributed by atoms with Crippen molar-refractivity contribution < 1.29 is 14.3 Å². The summed E-state index contributed by atoms with van der Waals surface area (Å²) >= 11 is 5.88. The highest BCUT2D eigenvalue weighted by Gasteiger charge is 2.15. The Kier molecular flexibility index (Phi) is 3.35. The van der Waals surface area contributed by atoms with Crippen LogP contribution in [0, 0.1) is 12.7 Å². The molecule has 0 unspecified atom stereocenters. The first-order valence-electron chi connectivity index (χ1n) is 5.20. The Hall–Kier alpha value is -2.21. The zero-order valence-electron chi connectivity index (χ0n) is 9.72. The number of nitrogens with zero attached hydrogens (tertiary/aromatic N) is 2. The van der Waals surface area contributed by atoms with Gasteiger partial charge in [-0.3, -0.25) is 4.79 Å². The zero-order valence-corrected chi connectivity index (χ0v) is 10.5. The molecule has 5 nitrogen and oxygen atoms in total. The monoisotopic (exact) mass is 282 g/mol. The number of carboxylic acid groups (broad SMARTS) is 1. The number of carbonyl (C=O) groups is 1. The second-order valence-corrected chi connectivity index (χ2v) is 4.22. The van der Waals surface area contributed by atoms with Gasteiger partial charge in [0, 0.05) is 11.8 Å². The van der Waals surface area contributed by atoms with Crippen LogP contribution < -0.4 is 5.43 Å². The van der Waals surface area contributed by atoms with E-state index in [9.17, 15) is 14.0 Å². The predicted molar refractivity (Wildman–Crippen MR) is 66.5 cm³/mol. The number of benzene rings is 1. The smallest absolute Gasteiger partial charge is 0.360 e. The van der Waals surface area contributed by atoms with E-state index in [-0.39, 0.29) is 5.02 Å². The van der Waals surface area contributed by atoms with Crippen LogP contribution in [0.15, 0.2) is 29.1 Å². The van der Waals surface area contributed by atoms with Crippen LogP contribution in [0.4, 0.5) is 4.39 Å². The number of hydrogen-bond acceptors (Lipinski definition) is 3. The third kappa shape index (κ3) is 2.48. The lowest BCUT2D eigenvalue weighted by molar-refractivity contribution is 0.0686. The summed E-state index contributed by atoms with van der Waals surface area (Å²) in [5, 5.41) is 12.7. The van der Waals surface area contributed by atoms with Crippen LogP contribution in [0.5, 0.6) is 0 Å². The van der Waals surface area contributed by atoms with Gasteiger partial charge in [-0.05, 0) is 25.1 Å². The van der Waals surface area contributed by atoms with Crippen LogP contribution in [-0.2, 0) is 0 Å². The Bertz CT molecular complexity index is 727. The molecule has 0 aliphatic carbocycles. The molecule has 0 saturated carbocycles. The van der Waals surface area contributed by atoms with Gasteiger partial charge in [-0.2, -0.15) is 5.10 Å². The first-order chi connectivity index (χ1) is 8.90. The lowest BCUT2D eigenvalue weighted by atomic mass is 10.2. The van der Waals surface area contributed by atoms with E-state index in [1.54, 1.807) is 6.92 Å². The van der Waals surface area contributed by atoms with E-state index >= 15 is 0 Å². The van der Waals surface area contributed by atoms with Crippen molar-refractivity contribution in [2.75, 3.05) is 0 Å². The quantitative estimate of drug-likeness (QED) is 0.915. The van der Waals surface area contributed by atoms with Crippen LogP contribution in [0.2, 0.25) is 5.02 Å². The fourth-order valence-electron chi connectivity index (χ4n) is 1.59. The average Bonchev–Trinajstić information content (AvgIpc) is 2.30. The van der Waals surface area contributed by atoms with Gasteiger partial charge in [-0.1, -0.05) is 11.6 Å². The SMILES string of the molecule is Cc1cc(=O)c(C(=O)O)nn1-c1ccc(F)cc1Cl. The van der Waals surface area contributed by atoms with Crippen LogP contribution in [0.3, 0.4) is 0 Å². The van der Waals surface area contributed by atoms with Crippen molar-refractivity contribution in [3.05, 3.63) is 56.7 Å². The summed E-state index contributed by atoms with van der Waals surface area (Å²) in [5.74, 6) is -1.96. The van der Waals surface area contributed by atoms with E-state index in [1.807, 2.05) is 0 Å². The lowest BCUT2D eigenvalue weighted by Crippen LogP contribution is -2.22. The van der Waals surface area contributed by atoms with Crippen molar-refractivity contribution >= 4 is 17.6 Å². The summed E-state index contributed by atoms with van der Waals surface area (Å²) in [6.07, 6.45) is 0. The third-order valence-electron chi connectivity index (χ3n) is 2.45. The minimum absolute atomic E-state index is 0.0654. The fraction of sp³-hybridized carbons (Fsp3) is 0.0833. The molecule has 0 bridgehead atoms. The van der Waals surface area contributed by atoms with E-state index in [1.165, 1.54) is 16.8 Å².